The summed E-state index contributed by atoms with van der Waals surface area (Å²) in [5, 5.41) is 0. The van der Waals surface area contributed by atoms with Crippen LogP contribution in [0.1, 0.15) is 135 Å². The van der Waals surface area contributed by atoms with Gasteiger partial charge in [-0.1, -0.05) is 96.8 Å². The van der Waals surface area contributed by atoms with Crippen LogP contribution in [0.25, 0.3) is 0 Å². The molecule has 0 aromatic carbocycles. The Morgan fingerprint density at radius 2 is 0.976 bits per heavy atom. The molecule has 0 unspecified atom stereocenters. The molecule has 3 aliphatic rings. The van der Waals surface area contributed by atoms with Gasteiger partial charge in [-0.05, 0) is 32.1 Å². The molecule has 1 amide bonds. The smallest absolute Gasteiger partial charge is 0.229 e. The van der Waals surface area contributed by atoms with E-state index in [0.717, 1.165) is 76.4 Å². The third kappa shape index (κ3) is 10.9. The second-order valence-electron chi connectivity index (χ2n) is 12.8. The second-order valence-corrected chi connectivity index (χ2v) is 12.8. The van der Waals surface area contributed by atoms with E-state index in [9.17, 15) is 4.79 Å². The molecule has 1 aromatic rings. The molecule has 7 heteroatoms. The van der Waals surface area contributed by atoms with Gasteiger partial charge in [0.05, 0.1) is 0 Å². The van der Waals surface area contributed by atoms with Crippen LogP contribution in [0.2, 0.25) is 0 Å². The molecule has 3 saturated heterocycles. The Morgan fingerprint density at radius 1 is 0.561 bits per heavy atom. The zero-order valence-electron chi connectivity index (χ0n) is 26.5. The van der Waals surface area contributed by atoms with Crippen molar-refractivity contribution in [3.8, 4) is 0 Å². The monoisotopic (exact) mass is 568 g/mol. The molecule has 0 aliphatic carbocycles. The summed E-state index contributed by atoms with van der Waals surface area (Å²) in [7, 11) is 0. The third-order valence-corrected chi connectivity index (χ3v) is 9.46. The highest BCUT2D eigenvalue weighted by molar-refractivity contribution is 5.76. The number of hydrogen-bond donors (Lipinski definition) is 0. The van der Waals surface area contributed by atoms with Gasteiger partial charge in [-0.2, -0.15) is 9.97 Å². The van der Waals surface area contributed by atoms with Crippen molar-refractivity contribution in [2.75, 3.05) is 67.1 Å². The Bertz CT molecular complexity index is 825. The Balaban J connectivity index is 1.07. The summed E-state index contributed by atoms with van der Waals surface area (Å²) in [4.78, 5) is 32.1. The molecule has 0 spiro atoms. The van der Waals surface area contributed by atoms with Gasteiger partial charge in [-0.15, -0.1) is 0 Å². The van der Waals surface area contributed by atoms with Crippen LogP contribution >= 0.6 is 0 Å². The fraction of sp³-hybridized carbons (Fsp3) is 0.853. The minimum Gasteiger partial charge on any atom is -0.356 e. The first kappa shape index (κ1) is 31.9. The number of unbranched alkanes of at least 4 members (excludes halogenated alkanes) is 14. The fourth-order valence-corrected chi connectivity index (χ4v) is 6.73. The molecule has 0 saturated carbocycles. The van der Waals surface area contributed by atoms with Gasteiger partial charge in [0.1, 0.15) is 11.6 Å². The van der Waals surface area contributed by atoms with Gasteiger partial charge < -0.3 is 19.6 Å². The molecule has 3 fully saturated rings. The molecule has 1 aromatic heterocycles. The number of aromatic nitrogens is 2. The normalized spacial score (nSPS) is 17.7. The average Bonchev–Trinajstić information content (AvgIpc) is 3.74. The molecule has 4 rings (SSSR count). The summed E-state index contributed by atoms with van der Waals surface area (Å²) < 4.78 is 0. The van der Waals surface area contributed by atoms with Crippen LogP contribution in [-0.2, 0) is 4.79 Å². The van der Waals surface area contributed by atoms with E-state index in [1.807, 2.05) is 0 Å². The van der Waals surface area contributed by atoms with E-state index in [-0.39, 0.29) is 0 Å². The van der Waals surface area contributed by atoms with Crippen LogP contribution in [0, 0.1) is 0 Å². The Kier molecular flexibility index (Phi) is 14.4. The minimum absolute atomic E-state index is 0.345. The summed E-state index contributed by atoms with van der Waals surface area (Å²) in [6, 6.07) is 2.19. The molecule has 0 radical (unpaired) electrons. The van der Waals surface area contributed by atoms with Crippen LogP contribution in [0.3, 0.4) is 0 Å². The predicted octanol–water partition coefficient (Wildman–Crippen LogP) is 7.59. The molecular weight excluding hydrogens is 508 g/mol. The lowest BCUT2D eigenvalue weighted by atomic mass is 10.0. The SMILES string of the molecule is CCCCCCCCCCCCCCCCCC(=O)N1CCN(c2cc(N3CCCC3)nc(N3CCCC3)n2)CC1. The number of piperazine rings is 1. The van der Waals surface area contributed by atoms with Gasteiger partial charge in [-0.3, -0.25) is 4.79 Å². The van der Waals surface area contributed by atoms with Gasteiger partial charge >= 0.3 is 0 Å². The van der Waals surface area contributed by atoms with Gasteiger partial charge in [0.2, 0.25) is 11.9 Å². The van der Waals surface area contributed by atoms with Crippen LogP contribution in [0.15, 0.2) is 6.07 Å². The largest absolute Gasteiger partial charge is 0.356 e. The molecule has 0 bridgehead atoms. The number of carbonyl (C=O) groups excluding carboxylic acids is 1. The van der Waals surface area contributed by atoms with Gasteiger partial charge in [0, 0.05) is 64.8 Å². The molecule has 4 heterocycles. The van der Waals surface area contributed by atoms with E-state index in [0.29, 0.717) is 12.3 Å². The molecule has 3 aliphatic heterocycles. The van der Waals surface area contributed by atoms with Crippen molar-refractivity contribution in [1.29, 1.82) is 0 Å². The summed E-state index contributed by atoms with van der Waals surface area (Å²) in [6.45, 7) is 9.93. The lowest BCUT2D eigenvalue weighted by molar-refractivity contribution is -0.131. The van der Waals surface area contributed by atoms with Crippen molar-refractivity contribution >= 4 is 23.5 Å². The lowest BCUT2D eigenvalue weighted by Gasteiger charge is -2.36. The molecule has 41 heavy (non-hydrogen) atoms. The third-order valence-electron chi connectivity index (χ3n) is 9.46. The highest BCUT2D eigenvalue weighted by Crippen LogP contribution is 2.28. The van der Waals surface area contributed by atoms with Crippen LogP contribution in [0.5, 0.6) is 0 Å². The summed E-state index contributed by atoms with van der Waals surface area (Å²) in [5.74, 6) is 3.37. The maximum atomic E-state index is 12.9. The van der Waals surface area contributed by atoms with Crippen molar-refractivity contribution in [2.45, 2.75) is 135 Å². The Labute approximate surface area is 251 Å². The van der Waals surface area contributed by atoms with Crippen molar-refractivity contribution in [3.05, 3.63) is 6.07 Å². The zero-order valence-corrected chi connectivity index (χ0v) is 26.5. The lowest BCUT2D eigenvalue weighted by Crippen LogP contribution is -2.49. The summed E-state index contributed by atoms with van der Waals surface area (Å²) in [6.07, 6.45) is 26.1. The highest BCUT2D eigenvalue weighted by atomic mass is 16.2. The number of rotatable bonds is 19. The van der Waals surface area contributed by atoms with Crippen molar-refractivity contribution < 1.29 is 4.79 Å². The van der Waals surface area contributed by atoms with Gasteiger partial charge in [0.25, 0.3) is 0 Å². The Hall–Kier alpha value is -2.05. The van der Waals surface area contributed by atoms with Gasteiger partial charge in [0.15, 0.2) is 0 Å². The first-order valence-electron chi connectivity index (χ1n) is 17.7. The van der Waals surface area contributed by atoms with E-state index in [4.69, 9.17) is 9.97 Å². The van der Waals surface area contributed by atoms with E-state index in [2.05, 4.69) is 32.6 Å². The van der Waals surface area contributed by atoms with Crippen LogP contribution < -0.4 is 14.7 Å². The molecule has 0 N–H and O–H groups in total. The number of hydrogen-bond acceptors (Lipinski definition) is 6. The maximum absolute atomic E-state index is 12.9. The molecule has 0 atom stereocenters. The van der Waals surface area contributed by atoms with Crippen molar-refractivity contribution in [2.24, 2.45) is 0 Å². The Morgan fingerprint density at radius 3 is 1.46 bits per heavy atom. The topological polar surface area (TPSA) is 55.8 Å². The van der Waals surface area contributed by atoms with Gasteiger partial charge in [-0.25, -0.2) is 0 Å². The molecule has 232 valence electrons. The molecule has 7 nitrogen and oxygen atoms in total. The van der Waals surface area contributed by atoms with Crippen molar-refractivity contribution in [1.82, 2.24) is 14.9 Å². The van der Waals surface area contributed by atoms with E-state index < -0.39 is 0 Å². The number of anilines is 3. The second kappa shape index (κ2) is 18.5. The number of nitrogens with zero attached hydrogens (tertiary/aromatic N) is 6. The highest BCUT2D eigenvalue weighted by Gasteiger charge is 2.25. The number of amides is 1. The minimum atomic E-state index is 0.345. The quantitative estimate of drug-likeness (QED) is 0.160. The van der Waals surface area contributed by atoms with E-state index in [1.165, 1.54) is 116 Å². The first-order valence-corrected chi connectivity index (χ1v) is 17.7. The summed E-state index contributed by atoms with van der Waals surface area (Å²) in [5.41, 5.74) is 0. The predicted molar refractivity (Wildman–Crippen MR) is 173 cm³/mol. The zero-order chi connectivity index (χ0) is 28.5. The van der Waals surface area contributed by atoms with E-state index >= 15 is 0 Å². The fourth-order valence-electron chi connectivity index (χ4n) is 6.73. The summed E-state index contributed by atoms with van der Waals surface area (Å²) >= 11 is 0. The van der Waals surface area contributed by atoms with Crippen molar-refractivity contribution in [3.63, 3.8) is 0 Å². The van der Waals surface area contributed by atoms with Crippen LogP contribution in [0.4, 0.5) is 17.6 Å². The molecular formula is C34H60N6O. The standard InChI is InChI=1S/C34H60N6O/c1-2-3-4-5-6-7-8-9-10-11-12-13-14-15-16-21-33(41)39-28-26-38(27-29-39)32-30-31(37-22-17-18-23-37)35-34(36-32)40-24-19-20-25-40/h30H,2-29H2,1H3. The maximum Gasteiger partial charge on any atom is 0.229 e. The van der Waals surface area contributed by atoms with E-state index in [1.54, 1.807) is 0 Å². The first-order chi connectivity index (χ1) is 20.2. The van der Waals surface area contributed by atoms with Crippen LogP contribution in [-0.4, -0.2) is 73.1 Å². The number of carbonyl (C=O) groups is 1. The average molecular weight is 569 g/mol.